The van der Waals surface area contributed by atoms with Crippen molar-refractivity contribution in [2.75, 3.05) is 20.2 Å². The van der Waals surface area contributed by atoms with E-state index in [1.165, 1.54) is 0 Å². The fourth-order valence-corrected chi connectivity index (χ4v) is 3.05. The lowest BCUT2D eigenvalue weighted by Gasteiger charge is -2.37. The van der Waals surface area contributed by atoms with Crippen molar-refractivity contribution in [3.63, 3.8) is 0 Å². The van der Waals surface area contributed by atoms with Crippen molar-refractivity contribution < 1.29 is 9.53 Å². The van der Waals surface area contributed by atoms with Gasteiger partial charge in [0.15, 0.2) is 0 Å². The lowest BCUT2D eigenvalue weighted by molar-refractivity contribution is -0.135. The first kappa shape index (κ1) is 15.4. The first-order valence-electron chi connectivity index (χ1n) is 7.15. The van der Waals surface area contributed by atoms with Gasteiger partial charge in [0.25, 0.3) is 0 Å². The number of methoxy groups -OCH3 is 1. The molecule has 1 aromatic rings. The zero-order valence-electron chi connectivity index (χ0n) is 12.2. The molecule has 1 saturated heterocycles. The highest BCUT2D eigenvalue weighted by atomic mass is 32.1. The maximum atomic E-state index is 12.5. The minimum absolute atomic E-state index is 0.117. The van der Waals surface area contributed by atoms with Crippen molar-refractivity contribution in [3.8, 4) is 0 Å². The number of carbonyl (C=O) groups is 1. The topological polar surface area (TPSA) is 29.5 Å². The van der Waals surface area contributed by atoms with Gasteiger partial charge in [-0.05, 0) is 24.3 Å². The fraction of sp³-hybridized carbons (Fsp3) is 0.562. The third-order valence-electron chi connectivity index (χ3n) is 4.06. The Kier molecular flexibility index (Phi) is 5.49. The second kappa shape index (κ2) is 7.14. The summed E-state index contributed by atoms with van der Waals surface area (Å²) in [4.78, 5) is 14.4. The Morgan fingerprint density at radius 2 is 2.15 bits per heavy atom. The summed E-state index contributed by atoms with van der Waals surface area (Å²) >= 11 is 4.50. The lowest BCUT2D eigenvalue weighted by atomic mass is 9.95. The zero-order chi connectivity index (χ0) is 14.5. The molecule has 1 aliphatic heterocycles. The van der Waals surface area contributed by atoms with Gasteiger partial charge < -0.3 is 9.64 Å². The van der Waals surface area contributed by atoms with Gasteiger partial charge in [-0.15, -0.1) is 0 Å². The van der Waals surface area contributed by atoms with Gasteiger partial charge in [0.2, 0.25) is 5.91 Å². The van der Waals surface area contributed by atoms with Crippen LogP contribution in [0.3, 0.4) is 0 Å². The van der Waals surface area contributed by atoms with E-state index in [-0.39, 0.29) is 17.3 Å². The number of amides is 1. The molecule has 3 unspecified atom stereocenters. The second-order valence-electron chi connectivity index (χ2n) is 5.53. The van der Waals surface area contributed by atoms with E-state index >= 15 is 0 Å². The van der Waals surface area contributed by atoms with Gasteiger partial charge in [-0.3, -0.25) is 4.79 Å². The van der Waals surface area contributed by atoms with Gasteiger partial charge in [0, 0.05) is 20.2 Å². The number of carbonyl (C=O) groups excluding carboxylic acids is 1. The predicted octanol–water partition coefficient (Wildman–Crippen LogP) is 2.41. The van der Waals surface area contributed by atoms with E-state index in [1.54, 1.807) is 7.11 Å². The van der Waals surface area contributed by atoms with Crippen LogP contribution in [0.4, 0.5) is 0 Å². The van der Waals surface area contributed by atoms with E-state index < -0.39 is 0 Å². The van der Waals surface area contributed by atoms with Crippen LogP contribution in [0.1, 0.15) is 18.9 Å². The Hall–Kier alpha value is -1.00. The van der Waals surface area contributed by atoms with E-state index in [9.17, 15) is 4.79 Å². The highest BCUT2D eigenvalue weighted by Crippen LogP contribution is 2.21. The molecule has 1 amide bonds. The number of benzene rings is 1. The molecule has 20 heavy (non-hydrogen) atoms. The van der Waals surface area contributed by atoms with Crippen LogP contribution >= 0.6 is 12.6 Å². The van der Waals surface area contributed by atoms with E-state index in [0.717, 1.165) is 18.5 Å². The molecule has 1 fully saturated rings. The Morgan fingerprint density at radius 3 is 2.80 bits per heavy atom. The third-order valence-corrected chi connectivity index (χ3v) is 4.46. The maximum absolute atomic E-state index is 12.5. The minimum Gasteiger partial charge on any atom is -0.379 e. The molecule has 0 saturated carbocycles. The van der Waals surface area contributed by atoms with Crippen molar-refractivity contribution in [1.82, 2.24) is 4.90 Å². The molecule has 1 aromatic carbocycles. The number of ether oxygens (including phenoxy) is 1. The molecule has 1 heterocycles. The molecule has 4 heteroatoms. The number of nitrogens with zero attached hydrogens (tertiary/aromatic N) is 1. The van der Waals surface area contributed by atoms with Crippen LogP contribution in [0.15, 0.2) is 30.3 Å². The summed E-state index contributed by atoms with van der Waals surface area (Å²) in [6.07, 6.45) is 1.81. The standard InChI is InChI=1S/C16H23NO2S/c1-12-8-9-17(11-14(12)19-2)16(18)15(20)10-13-6-4-3-5-7-13/h3-7,12,14-15,20H,8-11H2,1-2H3. The normalized spacial score (nSPS) is 24.4. The number of rotatable bonds is 4. The summed E-state index contributed by atoms with van der Waals surface area (Å²) in [5.41, 5.74) is 1.15. The zero-order valence-corrected chi connectivity index (χ0v) is 13.1. The minimum atomic E-state index is -0.275. The second-order valence-corrected chi connectivity index (χ2v) is 6.15. The Morgan fingerprint density at radius 1 is 1.45 bits per heavy atom. The molecule has 0 aromatic heterocycles. The van der Waals surface area contributed by atoms with Crippen LogP contribution in [-0.4, -0.2) is 42.4 Å². The monoisotopic (exact) mass is 293 g/mol. The highest BCUT2D eigenvalue weighted by molar-refractivity contribution is 7.81. The molecular weight excluding hydrogens is 270 g/mol. The van der Waals surface area contributed by atoms with Crippen LogP contribution in [0.5, 0.6) is 0 Å². The molecule has 3 nitrogen and oxygen atoms in total. The fourth-order valence-electron chi connectivity index (χ4n) is 2.68. The summed E-state index contributed by atoms with van der Waals surface area (Å²) in [5, 5.41) is -0.275. The summed E-state index contributed by atoms with van der Waals surface area (Å²) in [6, 6.07) is 10.0. The Bertz CT molecular complexity index is 437. The van der Waals surface area contributed by atoms with Gasteiger partial charge >= 0.3 is 0 Å². The SMILES string of the molecule is COC1CN(C(=O)C(S)Cc2ccccc2)CCC1C. The quantitative estimate of drug-likeness (QED) is 0.864. The number of thiol groups is 1. The van der Waals surface area contributed by atoms with Crippen molar-refractivity contribution in [2.24, 2.45) is 5.92 Å². The first-order chi connectivity index (χ1) is 9.61. The maximum Gasteiger partial charge on any atom is 0.235 e. The number of piperidine rings is 1. The summed E-state index contributed by atoms with van der Waals surface area (Å²) in [6.45, 7) is 3.67. The molecule has 0 radical (unpaired) electrons. The highest BCUT2D eigenvalue weighted by Gasteiger charge is 2.31. The van der Waals surface area contributed by atoms with Crippen LogP contribution in [0.25, 0.3) is 0 Å². The molecule has 110 valence electrons. The smallest absolute Gasteiger partial charge is 0.235 e. The van der Waals surface area contributed by atoms with Crippen molar-refractivity contribution in [2.45, 2.75) is 31.1 Å². The average molecular weight is 293 g/mol. The average Bonchev–Trinajstić information content (AvgIpc) is 2.48. The number of hydrogen-bond donors (Lipinski definition) is 1. The van der Waals surface area contributed by atoms with Crippen molar-refractivity contribution >= 4 is 18.5 Å². The summed E-state index contributed by atoms with van der Waals surface area (Å²) in [5.74, 6) is 0.627. The largest absolute Gasteiger partial charge is 0.379 e. The molecule has 0 aliphatic carbocycles. The molecule has 2 rings (SSSR count). The van der Waals surface area contributed by atoms with Crippen LogP contribution in [0, 0.1) is 5.92 Å². The van der Waals surface area contributed by atoms with E-state index in [2.05, 4.69) is 19.6 Å². The Balaban J connectivity index is 1.93. The summed E-state index contributed by atoms with van der Waals surface area (Å²) in [7, 11) is 1.72. The van der Waals surface area contributed by atoms with E-state index in [1.807, 2.05) is 35.2 Å². The van der Waals surface area contributed by atoms with Gasteiger partial charge in [0.1, 0.15) is 0 Å². The first-order valence-corrected chi connectivity index (χ1v) is 7.67. The van der Waals surface area contributed by atoms with E-state index in [0.29, 0.717) is 18.9 Å². The molecule has 3 atom stereocenters. The van der Waals surface area contributed by atoms with Crippen molar-refractivity contribution in [3.05, 3.63) is 35.9 Å². The van der Waals surface area contributed by atoms with Crippen LogP contribution in [0.2, 0.25) is 0 Å². The molecule has 0 spiro atoms. The molecule has 1 aliphatic rings. The van der Waals surface area contributed by atoms with Crippen molar-refractivity contribution in [1.29, 1.82) is 0 Å². The Labute approximate surface area is 126 Å². The van der Waals surface area contributed by atoms with Gasteiger partial charge in [-0.1, -0.05) is 37.3 Å². The van der Waals surface area contributed by atoms with Gasteiger partial charge in [-0.25, -0.2) is 0 Å². The molecule has 0 N–H and O–H groups in total. The predicted molar refractivity (Wildman–Crippen MR) is 84.1 cm³/mol. The molecule has 0 bridgehead atoms. The van der Waals surface area contributed by atoms with Crippen LogP contribution in [-0.2, 0) is 16.0 Å². The van der Waals surface area contributed by atoms with E-state index in [4.69, 9.17) is 4.74 Å². The summed E-state index contributed by atoms with van der Waals surface area (Å²) < 4.78 is 5.46. The van der Waals surface area contributed by atoms with Gasteiger partial charge in [-0.2, -0.15) is 12.6 Å². The lowest BCUT2D eigenvalue weighted by Crippen LogP contribution is -2.49. The number of hydrogen-bond acceptors (Lipinski definition) is 3. The number of likely N-dealkylation sites (tertiary alicyclic amines) is 1. The van der Waals surface area contributed by atoms with Crippen LogP contribution < -0.4 is 0 Å². The molecular formula is C16H23NO2S. The third kappa shape index (κ3) is 3.76. The van der Waals surface area contributed by atoms with Gasteiger partial charge in [0.05, 0.1) is 11.4 Å².